The highest BCUT2D eigenvalue weighted by molar-refractivity contribution is 5.85. The first-order valence-electron chi connectivity index (χ1n) is 12.4. The predicted octanol–water partition coefficient (Wildman–Crippen LogP) is 3.93. The van der Waals surface area contributed by atoms with Gasteiger partial charge in [0.15, 0.2) is 5.82 Å². The standard InChI is InChI=1S/C24H35N7O/c1-16(2)19-15-21(29-28-19)26-22-17-9-4-5-10-18(17)25-24(27-22)31-14-8-11-20(31)23(32)30-12-6-3-7-13-30/h15-16,20H,3-14H2,1-2H3,(H2,25,26,27,28,29)/t20-/m1/s1. The molecule has 4 heterocycles. The van der Waals surface area contributed by atoms with Crippen molar-refractivity contribution in [2.24, 2.45) is 0 Å². The van der Waals surface area contributed by atoms with Gasteiger partial charge in [-0.1, -0.05) is 13.8 Å². The summed E-state index contributed by atoms with van der Waals surface area (Å²) in [7, 11) is 0. The van der Waals surface area contributed by atoms with Gasteiger partial charge >= 0.3 is 0 Å². The molecule has 0 spiro atoms. The van der Waals surface area contributed by atoms with Crippen LogP contribution in [-0.4, -0.2) is 56.6 Å². The van der Waals surface area contributed by atoms with E-state index in [9.17, 15) is 4.79 Å². The third kappa shape index (κ3) is 4.19. The van der Waals surface area contributed by atoms with Gasteiger partial charge in [-0.3, -0.25) is 9.89 Å². The number of likely N-dealkylation sites (tertiary alicyclic amines) is 1. The third-order valence-corrected chi connectivity index (χ3v) is 7.10. The third-order valence-electron chi connectivity index (χ3n) is 7.10. The predicted molar refractivity (Wildman–Crippen MR) is 125 cm³/mol. The Bertz CT molecular complexity index is 963. The lowest BCUT2D eigenvalue weighted by Crippen LogP contribution is -2.48. The Labute approximate surface area is 190 Å². The van der Waals surface area contributed by atoms with Crippen LogP contribution in [0.25, 0.3) is 0 Å². The van der Waals surface area contributed by atoms with Crippen molar-refractivity contribution in [3.8, 4) is 0 Å². The minimum Gasteiger partial charge on any atom is -0.341 e. The van der Waals surface area contributed by atoms with Crippen LogP contribution in [0.4, 0.5) is 17.6 Å². The Morgan fingerprint density at radius 3 is 2.66 bits per heavy atom. The summed E-state index contributed by atoms with van der Waals surface area (Å²) in [6, 6.07) is 1.92. The van der Waals surface area contributed by atoms with Gasteiger partial charge in [0.05, 0.1) is 5.69 Å². The van der Waals surface area contributed by atoms with Crippen LogP contribution in [0.15, 0.2) is 6.07 Å². The van der Waals surface area contributed by atoms with Crippen LogP contribution in [0.3, 0.4) is 0 Å². The first-order chi connectivity index (χ1) is 15.6. The van der Waals surface area contributed by atoms with E-state index in [2.05, 4.69) is 45.2 Å². The van der Waals surface area contributed by atoms with Crippen LogP contribution in [0.5, 0.6) is 0 Å². The molecule has 32 heavy (non-hydrogen) atoms. The van der Waals surface area contributed by atoms with Crippen molar-refractivity contribution >= 4 is 23.5 Å². The topological polar surface area (TPSA) is 90.0 Å². The molecule has 2 aromatic rings. The SMILES string of the molecule is CC(C)c1cc(Nc2nc(N3CCC[C@@H]3C(=O)N3CCCCC3)nc3c2CCCC3)n[nH]1. The number of aromatic amines is 1. The number of carbonyl (C=O) groups is 1. The highest BCUT2D eigenvalue weighted by atomic mass is 16.2. The summed E-state index contributed by atoms with van der Waals surface area (Å²) < 4.78 is 0. The van der Waals surface area contributed by atoms with E-state index in [1.165, 1.54) is 12.0 Å². The highest BCUT2D eigenvalue weighted by Crippen LogP contribution is 2.32. The Morgan fingerprint density at radius 2 is 1.88 bits per heavy atom. The summed E-state index contributed by atoms with van der Waals surface area (Å²) in [5.74, 6) is 2.97. The maximum Gasteiger partial charge on any atom is 0.245 e. The molecular formula is C24H35N7O. The molecule has 1 atom stereocenters. The molecule has 1 amide bonds. The van der Waals surface area contributed by atoms with E-state index in [1.807, 2.05) is 0 Å². The monoisotopic (exact) mass is 437 g/mol. The number of hydrogen-bond donors (Lipinski definition) is 2. The molecule has 2 fully saturated rings. The number of fused-ring (bicyclic) bond motifs is 1. The molecule has 0 saturated carbocycles. The summed E-state index contributed by atoms with van der Waals surface area (Å²) in [6.45, 7) is 6.91. The van der Waals surface area contributed by atoms with E-state index in [0.717, 1.165) is 94.0 Å². The summed E-state index contributed by atoms with van der Waals surface area (Å²) >= 11 is 0. The van der Waals surface area contributed by atoms with Crippen molar-refractivity contribution in [3.63, 3.8) is 0 Å². The molecule has 2 saturated heterocycles. The lowest BCUT2D eigenvalue weighted by Gasteiger charge is -2.33. The first kappa shape index (κ1) is 21.2. The zero-order valence-corrected chi connectivity index (χ0v) is 19.4. The molecule has 0 aromatic carbocycles. The maximum absolute atomic E-state index is 13.3. The van der Waals surface area contributed by atoms with Crippen molar-refractivity contribution in [1.82, 2.24) is 25.1 Å². The second-order valence-corrected chi connectivity index (χ2v) is 9.73. The number of piperidine rings is 1. The van der Waals surface area contributed by atoms with Gasteiger partial charge in [0.2, 0.25) is 11.9 Å². The Hall–Kier alpha value is -2.64. The molecule has 172 valence electrons. The van der Waals surface area contributed by atoms with Gasteiger partial charge in [0, 0.05) is 37.0 Å². The molecule has 2 N–H and O–H groups in total. The van der Waals surface area contributed by atoms with Crippen LogP contribution in [-0.2, 0) is 17.6 Å². The van der Waals surface area contributed by atoms with Gasteiger partial charge in [0.1, 0.15) is 11.9 Å². The van der Waals surface area contributed by atoms with Crippen LogP contribution >= 0.6 is 0 Å². The van der Waals surface area contributed by atoms with Gasteiger partial charge < -0.3 is 15.1 Å². The summed E-state index contributed by atoms with van der Waals surface area (Å²) in [4.78, 5) is 27.5. The molecule has 5 rings (SSSR count). The number of amides is 1. The van der Waals surface area contributed by atoms with E-state index in [1.54, 1.807) is 0 Å². The molecular weight excluding hydrogens is 402 g/mol. The Kier molecular flexibility index (Phi) is 6.02. The highest BCUT2D eigenvalue weighted by Gasteiger charge is 2.36. The molecule has 0 bridgehead atoms. The first-order valence-corrected chi connectivity index (χ1v) is 12.4. The van der Waals surface area contributed by atoms with Crippen molar-refractivity contribution in [2.45, 2.75) is 83.6 Å². The minimum atomic E-state index is -0.138. The maximum atomic E-state index is 13.3. The lowest BCUT2D eigenvalue weighted by atomic mass is 9.96. The van der Waals surface area contributed by atoms with Gasteiger partial charge in [-0.15, -0.1) is 0 Å². The zero-order valence-electron chi connectivity index (χ0n) is 19.4. The van der Waals surface area contributed by atoms with Crippen LogP contribution in [0.1, 0.15) is 81.7 Å². The largest absolute Gasteiger partial charge is 0.341 e. The summed E-state index contributed by atoms with van der Waals surface area (Å²) in [6.07, 6.45) is 9.60. The van der Waals surface area contributed by atoms with Crippen LogP contribution in [0.2, 0.25) is 0 Å². The average molecular weight is 438 g/mol. The number of nitrogens with zero attached hydrogens (tertiary/aromatic N) is 5. The minimum absolute atomic E-state index is 0.138. The summed E-state index contributed by atoms with van der Waals surface area (Å²) in [5, 5.41) is 11.0. The molecule has 1 aliphatic carbocycles. The average Bonchev–Trinajstić information content (AvgIpc) is 3.49. The quantitative estimate of drug-likeness (QED) is 0.737. The van der Waals surface area contributed by atoms with Gasteiger partial charge in [-0.2, -0.15) is 10.1 Å². The number of anilines is 3. The zero-order chi connectivity index (χ0) is 22.1. The molecule has 3 aliphatic rings. The number of aryl methyl sites for hydroxylation is 1. The van der Waals surface area contributed by atoms with Crippen LogP contribution in [0, 0.1) is 0 Å². The number of nitrogens with one attached hydrogen (secondary N) is 2. The van der Waals surface area contributed by atoms with Crippen molar-refractivity contribution in [1.29, 1.82) is 0 Å². The Balaban J connectivity index is 1.44. The van der Waals surface area contributed by atoms with E-state index in [0.29, 0.717) is 11.9 Å². The fourth-order valence-electron chi connectivity index (χ4n) is 5.22. The van der Waals surface area contributed by atoms with E-state index in [4.69, 9.17) is 9.97 Å². The second kappa shape index (κ2) is 9.08. The van der Waals surface area contributed by atoms with Crippen molar-refractivity contribution < 1.29 is 4.79 Å². The fraction of sp³-hybridized carbons (Fsp3) is 0.667. The fourth-order valence-corrected chi connectivity index (χ4v) is 5.22. The molecule has 0 radical (unpaired) electrons. The second-order valence-electron chi connectivity index (χ2n) is 9.73. The Morgan fingerprint density at radius 1 is 1.06 bits per heavy atom. The molecule has 2 aromatic heterocycles. The van der Waals surface area contributed by atoms with Gasteiger partial charge in [-0.25, -0.2) is 4.98 Å². The smallest absolute Gasteiger partial charge is 0.245 e. The molecule has 8 heteroatoms. The number of hydrogen-bond acceptors (Lipinski definition) is 6. The normalized spacial score (nSPS) is 21.2. The van der Waals surface area contributed by atoms with E-state index in [-0.39, 0.29) is 11.9 Å². The molecule has 2 aliphatic heterocycles. The number of carbonyl (C=O) groups excluding carboxylic acids is 1. The van der Waals surface area contributed by atoms with Crippen molar-refractivity contribution in [2.75, 3.05) is 29.9 Å². The number of rotatable bonds is 5. The van der Waals surface area contributed by atoms with Crippen molar-refractivity contribution in [3.05, 3.63) is 23.0 Å². The molecule has 0 unspecified atom stereocenters. The van der Waals surface area contributed by atoms with Gasteiger partial charge in [0.25, 0.3) is 0 Å². The number of aromatic nitrogens is 4. The van der Waals surface area contributed by atoms with E-state index < -0.39 is 0 Å². The number of H-pyrrole nitrogens is 1. The van der Waals surface area contributed by atoms with Gasteiger partial charge in [-0.05, 0) is 63.7 Å². The van der Waals surface area contributed by atoms with Crippen LogP contribution < -0.4 is 10.2 Å². The lowest BCUT2D eigenvalue weighted by molar-refractivity contribution is -0.133. The van der Waals surface area contributed by atoms with E-state index >= 15 is 0 Å². The molecule has 8 nitrogen and oxygen atoms in total. The summed E-state index contributed by atoms with van der Waals surface area (Å²) in [5.41, 5.74) is 3.43.